The largest absolute Gasteiger partial charge is 0.316 e. The van der Waals surface area contributed by atoms with Gasteiger partial charge in [-0.25, -0.2) is 9.97 Å². The fourth-order valence-electron chi connectivity index (χ4n) is 1.59. The Hall–Kier alpha value is -0.910. The molecule has 92 valence electrons. The van der Waals surface area contributed by atoms with Gasteiger partial charge in [-0.3, -0.25) is 0 Å². The highest BCUT2D eigenvalue weighted by molar-refractivity contribution is 7.13. The van der Waals surface area contributed by atoms with E-state index in [4.69, 9.17) is 11.6 Å². The molecule has 0 aliphatic heterocycles. The van der Waals surface area contributed by atoms with Crippen molar-refractivity contribution in [1.29, 1.82) is 0 Å². The highest BCUT2D eigenvalue weighted by atomic mass is 35.5. The first-order chi connectivity index (χ1) is 8.13. The molecule has 2 aromatic heterocycles. The van der Waals surface area contributed by atoms with E-state index in [9.17, 15) is 0 Å². The third-order valence-electron chi connectivity index (χ3n) is 2.60. The second-order valence-electron chi connectivity index (χ2n) is 3.82. The van der Waals surface area contributed by atoms with Gasteiger partial charge >= 0.3 is 0 Å². The van der Waals surface area contributed by atoms with Crippen LogP contribution in [0.2, 0.25) is 5.15 Å². The van der Waals surface area contributed by atoms with Gasteiger partial charge in [-0.2, -0.15) is 0 Å². The molecule has 0 aliphatic rings. The number of aromatic nitrogens is 3. The van der Waals surface area contributed by atoms with Crippen molar-refractivity contribution in [3.8, 4) is 10.8 Å². The van der Waals surface area contributed by atoms with Crippen molar-refractivity contribution < 1.29 is 0 Å². The molecule has 0 aromatic carbocycles. The van der Waals surface area contributed by atoms with Crippen LogP contribution in [-0.2, 0) is 7.05 Å². The Morgan fingerprint density at radius 3 is 2.94 bits per heavy atom. The zero-order chi connectivity index (χ0) is 12.4. The lowest BCUT2D eigenvalue weighted by atomic mass is 10.2. The number of rotatable bonds is 4. The van der Waals surface area contributed by atoms with Gasteiger partial charge in [-0.05, 0) is 13.5 Å². The lowest BCUT2D eigenvalue weighted by molar-refractivity contribution is 0.586. The maximum absolute atomic E-state index is 5.96. The molecule has 0 bridgehead atoms. The van der Waals surface area contributed by atoms with Crippen LogP contribution in [0.15, 0.2) is 11.6 Å². The fraction of sp³-hybridized carbons (Fsp3) is 0.455. The first-order valence-corrected chi connectivity index (χ1v) is 6.75. The molecule has 0 fully saturated rings. The van der Waals surface area contributed by atoms with Gasteiger partial charge in [0.1, 0.15) is 5.15 Å². The molecule has 2 heterocycles. The number of hydrogen-bond acceptors (Lipinski definition) is 4. The number of hydrogen-bond donors (Lipinski definition) is 1. The van der Waals surface area contributed by atoms with Crippen molar-refractivity contribution in [3.05, 3.63) is 22.4 Å². The summed E-state index contributed by atoms with van der Waals surface area (Å²) in [5.74, 6) is 0.815. The Balaban J connectivity index is 2.27. The van der Waals surface area contributed by atoms with Crippen molar-refractivity contribution in [2.45, 2.75) is 19.9 Å². The van der Waals surface area contributed by atoms with E-state index >= 15 is 0 Å². The molecule has 0 radical (unpaired) electrons. The number of halogens is 1. The van der Waals surface area contributed by atoms with Crippen LogP contribution >= 0.6 is 22.9 Å². The van der Waals surface area contributed by atoms with Crippen LogP contribution in [0, 0.1) is 0 Å². The molecular formula is C11H15ClN4S. The summed E-state index contributed by atoms with van der Waals surface area (Å²) in [6.45, 7) is 5.12. The van der Waals surface area contributed by atoms with Crippen molar-refractivity contribution in [2.24, 2.45) is 7.05 Å². The Kier molecular flexibility index (Phi) is 3.81. The number of nitrogens with zero attached hydrogens (tertiary/aromatic N) is 3. The maximum atomic E-state index is 5.96. The van der Waals surface area contributed by atoms with Gasteiger partial charge in [0.25, 0.3) is 0 Å². The van der Waals surface area contributed by atoms with E-state index in [1.165, 1.54) is 0 Å². The molecule has 0 saturated carbocycles. The van der Waals surface area contributed by atoms with Crippen molar-refractivity contribution >= 4 is 22.9 Å². The fourth-order valence-corrected chi connectivity index (χ4v) is 2.66. The highest BCUT2D eigenvalue weighted by Crippen LogP contribution is 2.26. The molecule has 6 heteroatoms. The summed E-state index contributed by atoms with van der Waals surface area (Å²) in [4.78, 5) is 8.85. The standard InChI is InChI=1S/C11H15ClN4S/c1-4-13-7(2)8-6-17-11(15-8)10-14-5-9(12)16(10)3/h5-7,13H,4H2,1-3H3. The number of imidazole rings is 1. The van der Waals surface area contributed by atoms with Crippen LogP contribution in [-0.4, -0.2) is 21.1 Å². The van der Waals surface area contributed by atoms with Gasteiger partial charge in [0.15, 0.2) is 10.8 Å². The van der Waals surface area contributed by atoms with Crippen LogP contribution < -0.4 is 5.32 Å². The van der Waals surface area contributed by atoms with E-state index in [-0.39, 0.29) is 6.04 Å². The maximum Gasteiger partial charge on any atom is 0.170 e. The molecule has 0 aliphatic carbocycles. The molecule has 0 amide bonds. The third kappa shape index (κ3) is 2.51. The molecule has 4 nitrogen and oxygen atoms in total. The summed E-state index contributed by atoms with van der Waals surface area (Å²) in [7, 11) is 1.89. The topological polar surface area (TPSA) is 42.7 Å². The van der Waals surface area contributed by atoms with Crippen molar-refractivity contribution in [3.63, 3.8) is 0 Å². The van der Waals surface area contributed by atoms with Gasteiger partial charge in [-0.15, -0.1) is 11.3 Å². The molecule has 2 aromatic rings. The summed E-state index contributed by atoms with van der Waals surface area (Å²) in [6, 6.07) is 0.265. The van der Waals surface area contributed by atoms with E-state index in [0.29, 0.717) is 5.15 Å². The van der Waals surface area contributed by atoms with Crippen LogP contribution in [0.25, 0.3) is 10.8 Å². The van der Waals surface area contributed by atoms with Crippen LogP contribution in [0.3, 0.4) is 0 Å². The molecule has 1 N–H and O–H groups in total. The van der Waals surface area contributed by atoms with Gasteiger partial charge in [0.05, 0.1) is 11.9 Å². The summed E-state index contributed by atoms with van der Waals surface area (Å²) in [5.41, 5.74) is 1.05. The smallest absolute Gasteiger partial charge is 0.170 e. The minimum atomic E-state index is 0.265. The van der Waals surface area contributed by atoms with Crippen LogP contribution in [0.5, 0.6) is 0 Å². The molecule has 0 spiro atoms. The minimum Gasteiger partial charge on any atom is -0.316 e. The Labute approximate surface area is 110 Å². The van der Waals surface area contributed by atoms with Crippen LogP contribution in [0.1, 0.15) is 25.6 Å². The van der Waals surface area contributed by atoms with E-state index in [0.717, 1.165) is 23.1 Å². The van der Waals surface area contributed by atoms with Gasteiger partial charge in [0, 0.05) is 18.5 Å². The predicted octanol–water partition coefficient (Wildman–Crippen LogP) is 2.87. The molecule has 0 saturated heterocycles. The van der Waals surface area contributed by atoms with Gasteiger partial charge in [-0.1, -0.05) is 18.5 Å². The summed E-state index contributed by atoms with van der Waals surface area (Å²) in [5, 5.41) is 6.92. The normalized spacial score (nSPS) is 12.9. The molecular weight excluding hydrogens is 256 g/mol. The zero-order valence-electron chi connectivity index (χ0n) is 10.1. The van der Waals surface area contributed by atoms with E-state index in [2.05, 4.69) is 34.5 Å². The summed E-state index contributed by atoms with van der Waals surface area (Å²) in [6.07, 6.45) is 1.64. The van der Waals surface area contributed by atoms with E-state index in [1.807, 2.05) is 11.6 Å². The minimum absolute atomic E-state index is 0.265. The van der Waals surface area contributed by atoms with Gasteiger partial charge < -0.3 is 9.88 Å². The Morgan fingerprint density at radius 2 is 2.35 bits per heavy atom. The van der Waals surface area contributed by atoms with Crippen molar-refractivity contribution in [2.75, 3.05) is 6.54 Å². The average molecular weight is 271 g/mol. The summed E-state index contributed by atoms with van der Waals surface area (Å²) >= 11 is 7.55. The first kappa shape index (κ1) is 12.5. The van der Waals surface area contributed by atoms with E-state index in [1.54, 1.807) is 17.5 Å². The highest BCUT2D eigenvalue weighted by Gasteiger charge is 2.14. The van der Waals surface area contributed by atoms with Crippen LogP contribution in [0.4, 0.5) is 0 Å². The van der Waals surface area contributed by atoms with E-state index < -0.39 is 0 Å². The second kappa shape index (κ2) is 5.16. The molecule has 2 rings (SSSR count). The second-order valence-corrected chi connectivity index (χ2v) is 5.07. The average Bonchev–Trinajstić information content (AvgIpc) is 2.88. The number of thiazole rings is 1. The predicted molar refractivity (Wildman–Crippen MR) is 71.4 cm³/mol. The first-order valence-electron chi connectivity index (χ1n) is 5.49. The third-order valence-corrected chi connectivity index (χ3v) is 3.81. The summed E-state index contributed by atoms with van der Waals surface area (Å²) < 4.78 is 1.84. The molecule has 1 atom stereocenters. The Morgan fingerprint density at radius 1 is 1.59 bits per heavy atom. The lowest BCUT2D eigenvalue weighted by Crippen LogP contribution is -2.17. The monoisotopic (exact) mass is 270 g/mol. The molecule has 1 unspecified atom stereocenters. The Bertz CT molecular complexity index is 505. The SMILES string of the molecule is CCNC(C)c1csc(-c2ncc(Cl)n2C)n1. The van der Waals surface area contributed by atoms with Crippen molar-refractivity contribution in [1.82, 2.24) is 19.9 Å². The number of nitrogens with one attached hydrogen (secondary N) is 1. The zero-order valence-corrected chi connectivity index (χ0v) is 11.6. The quantitative estimate of drug-likeness (QED) is 0.929. The lowest BCUT2D eigenvalue weighted by Gasteiger charge is -2.08. The molecule has 17 heavy (non-hydrogen) atoms. The van der Waals surface area contributed by atoms with Gasteiger partial charge in [0.2, 0.25) is 0 Å².